The highest BCUT2D eigenvalue weighted by Gasteiger charge is 2.16. The Morgan fingerprint density at radius 3 is 2.46 bits per heavy atom. The van der Waals surface area contributed by atoms with E-state index in [0.29, 0.717) is 16.9 Å². The third kappa shape index (κ3) is 5.33. The molecule has 3 nitrogen and oxygen atoms in total. The van der Waals surface area contributed by atoms with Crippen molar-refractivity contribution in [3.05, 3.63) is 71.3 Å². The van der Waals surface area contributed by atoms with Gasteiger partial charge >= 0.3 is 5.97 Å². The highest BCUT2D eigenvalue weighted by molar-refractivity contribution is 5.91. The zero-order chi connectivity index (χ0) is 19.8. The van der Waals surface area contributed by atoms with Crippen LogP contribution < -0.4 is 4.74 Å². The molecule has 0 radical (unpaired) electrons. The number of nitriles is 1. The maximum absolute atomic E-state index is 12.3. The fourth-order valence-corrected chi connectivity index (χ4v) is 3.68. The maximum atomic E-state index is 12.3. The van der Waals surface area contributed by atoms with Crippen LogP contribution in [0, 0.1) is 17.2 Å². The monoisotopic (exact) mass is 373 g/mol. The molecule has 0 aromatic heterocycles. The summed E-state index contributed by atoms with van der Waals surface area (Å²) in [5.74, 6) is 0.888. The Bertz CT molecular complexity index is 857. The molecule has 28 heavy (non-hydrogen) atoms. The Morgan fingerprint density at radius 2 is 1.86 bits per heavy atom. The van der Waals surface area contributed by atoms with Gasteiger partial charge in [-0.1, -0.05) is 50.8 Å². The summed E-state index contributed by atoms with van der Waals surface area (Å²) >= 11 is 0. The molecule has 2 aromatic rings. The van der Waals surface area contributed by atoms with Gasteiger partial charge in [0.25, 0.3) is 0 Å². The van der Waals surface area contributed by atoms with Gasteiger partial charge in [0.15, 0.2) is 0 Å². The second-order valence-corrected chi connectivity index (χ2v) is 7.47. The van der Waals surface area contributed by atoms with Gasteiger partial charge in [-0.2, -0.15) is 5.26 Å². The molecule has 3 heteroatoms. The summed E-state index contributed by atoms with van der Waals surface area (Å²) in [5, 5.41) is 8.82. The molecule has 0 bridgehead atoms. The van der Waals surface area contributed by atoms with Crippen molar-refractivity contribution in [1.29, 1.82) is 5.26 Å². The number of benzene rings is 2. The Hall–Kier alpha value is -2.86. The highest BCUT2D eigenvalue weighted by Crippen LogP contribution is 2.33. The lowest BCUT2D eigenvalue weighted by atomic mass is 9.84. The number of carbonyl (C=O) groups is 1. The van der Waals surface area contributed by atoms with Crippen LogP contribution in [-0.4, -0.2) is 5.97 Å². The number of rotatable bonds is 7. The second kappa shape index (κ2) is 9.90. The second-order valence-electron chi connectivity index (χ2n) is 7.47. The first kappa shape index (κ1) is 19.9. The number of hydrogen-bond donors (Lipinski definition) is 0. The number of hydrogen-bond acceptors (Lipinski definition) is 3. The lowest BCUT2D eigenvalue weighted by molar-refractivity contribution is 0.0735. The fraction of sp³-hybridized carbons (Fsp3) is 0.360. The van der Waals surface area contributed by atoms with Crippen molar-refractivity contribution in [2.45, 2.75) is 51.9 Å². The minimum atomic E-state index is -0.384. The number of ether oxygens (including phenoxy) is 1. The van der Waals surface area contributed by atoms with Crippen molar-refractivity contribution in [2.75, 3.05) is 0 Å². The average molecular weight is 373 g/mol. The van der Waals surface area contributed by atoms with Gasteiger partial charge in [0.05, 0.1) is 17.2 Å². The van der Waals surface area contributed by atoms with Gasteiger partial charge in [0, 0.05) is 0 Å². The van der Waals surface area contributed by atoms with Crippen LogP contribution in [0.5, 0.6) is 5.75 Å². The minimum absolute atomic E-state index is 0.384. The Labute approximate surface area is 167 Å². The number of esters is 1. The summed E-state index contributed by atoms with van der Waals surface area (Å²) in [5.41, 5.74) is 3.65. The smallest absolute Gasteiger partial charge is 0.343 e. The molecular formula is C25H27NO2. The van der Waals surface area contributed by atoms with E-state index in [1.165, 1.54) is 49.7 Å². The van der Waals surface area contributed by atoms with Gasteiger partial charge in [-0.25, -0.2) is 4.79 Å². The normalized spacial score (nSPS) is 16.1. The first-order chi connectivity index (χ1) is 13.7. The molecule has 0 spiro atoms. The van der Waals surface area contributed by atoms with Crippen molar-refractivity contribution in [3.63, 3.8) is 0 Å². The standard InChI is InChI=1S/C25H27NO2/c1-2-3-4-5-19-6-10-21(11-7-19)22-12-14-23(15-13-22)25(27)28-24-16-8-20(18-26)9-17-24/h8-10,12-17,19H,2-7,11H2,1H3. The van der Waals surface area contributed by atoms with Crippen molar-refractivity contribution in [2.24, 2.45) is 5.92 Å². The molecule has 0 saturated heterocycles. The van der Waals surface area contributed by atoms with Crippen LogP contribution in [0.3, 0.4) is 0 Å². The van der Waals surface area contributed by atoms with Crippen LogP contribution in [0.25, 0.3) is 5.57 Å². The summed E-state index contributed by atoms with van der Waals surface area (Å²) in [6, 6.07) is 16.3. The van der Waals surface area contributed by atoms with Crippen molar-refractivity contribution >= 4 is 11.5 Å². The zero-order valence-electron chi connectivity index (χ0n) is 16.5. The van der Waals surface area contributed by atoms with Gasteiger partial charge in [-0.15, -0.1) is 0 Å². The van der Waals surface area contributed by atoms with Crippen LogP contribution in [0.1, 0.15) is 73.4 Å². The molecule has 1 aliphatic carbocycles. The topological polar surface area (TPSA) is 50.1 Å². The van der Waals surface area contributed by atoms with E-state index < -0.39 is 0 Å². The zero-order valence-corrected chi connectivity index (χ0v) is 16.5. The van der Waals surface area contributed by atoms with E-state index in [9.17, 15) is 4.79 Å². The van der Waals surface area contributed by atoms with Crippen molar-refractivity contribution in [1.82, 2.24) is 0 Å². The van der Waals surface area contributed by atoms with Crippen LogP contribution in [0.4, 0.5) is 0 Å². The van der Waals surface area contributed by atoms with Crippen LogP contribution in [0.15, 0.2) is 54.6 Å². The third-order valence-corrected chi connectivity index (χ3v) is 5.42. The van der Waals surface area contributed by atoms with Gasteiger partial charge in [-0.3, -0.25) is 0 Å². The van der Waals surface area contributed by atoms with Crippen LogP contribution in [0.2, 0.25) is 0 Å². The van der Waals surface area contributed by atoms with Gasteiger partial charge in [0.2, 0.25) is 0 Å². The first-order valence-corrected chi connectivity index (χ1v) is 10.2. The SMILES string of the molecule is CCCCCC1CC=C(c2ccc(C(=O)Oc3ccc(C#N)cc3)cc2)CC1. The van der Waals surface area contributed by atoms with E-state index >= 15 is 0 Å². The Balaban J connectivity index is 1.57. The minimum Gasteiger partial charge on any atom is -0.423 e. The predicted octanol–water partition coefficient (Wildman–Crippen LogP) is 6.54. The van der Waals surface area contributed by atoms with E-state index in [-0.39, 0.29) is 5.97 Å². The van der Waals surface area contributed by atoms with E-state index in [2.05, 4.69) is 13.0 Å². The first-order valence-electron chi connectivity index (χ1n) is 10.2. The molecule has 0 heterocycles. The van der Waals surface area contributed by atoms with Gasteiger partial charge in [0.1, 0.15) is 5.75 Å². The molecule has 144 valence electrons. The largest absolute Gasteiger partial charge is 0.423 e. The molecule has 0 saturated carbocycles. The fourth-order valence-electron chi connectivity index (χ4n) is 3.68. The molecule has 0 aliphatic heterocycles. The lowest BCUT2D eigenvalue weighted by Crippen LogP contribution is -2.09. The number of nitrogens with zero attached hydrogens (tertiary/aromatic N) is 1. The van der Waals surface area contributed by atoms with Crippen molar-refractivity contribution in [3.8, 4) is 11.8 Å². The summed E-state index contributed by atoms with van der Waals surface area (Å²) < 4.78 is 5.38. The van der Waals surface area contributed by atoms with Gasteiger partial charge in [-0.05, 0) is 72.7 Å². The van der Waals surface area contributed by atoms with E-state index in [4.69, 9.17) is 10.00 Å². The molecule has 0 N–H and O–H groups in total. The molecule has 1 unspecified atom stereocenters. The third-order valence-electron chi connectivity index (χ3n) is 5.42. The maximum Gasteiger partial charge on any atom is 0.343 e. The summed E-state index contributed by atoms with van der Waals surface area (Å²) in [4.78, 5) is 12.3. The van der Waals surface area contributed by atoms with E-state index in [1.807, 2.05) is 30.3 Å². The predicted molar refractivity (Wildman–Crippen MR) is 112 cm³/mol. The number of carbonyl (C=O) groups excluding carboxylic acids is 1. The summed E-state index contributed by atoms with van der Waals surface area (Å²) in [6.45, 7) is 2.25. The molecule has 0 amide bonds. The molecular weight excluding hydrogens is 346 g/mol. The van der Waals surface area contributed by atoms with E-state index in [0.717, 1.165) is 12.3 Å². The Morgan fingerprint density at radius 1 is 1.11 bits per heavy atom. The number of allylic oxidation sites excluding steroid dienone is 2. The summed E-state index contributed by atoms with van der Waals surface area (Å²) in [7, 11) is 0. The molecule has 1 aliphatic rings. The van der Waals surface area contributed by atoms with E-state index in [1.54, 1.807) is 24.3 Å². The summed E-state index contributed by atoms with van der Waals surface area (Å²) in [6.07, 6.45) is 11.2. The molecule has 1 atom stereocenters. The quantitative estimate of drug-likeness (QED) is 0.314. The Kier molecular flexibility index (Phi) is 7.03. The highest BCUT2D eigenvalue weighted by atomic mass is 16.5. The molecule has 3 rings (SSSR count). The van der Waals surface area contributed by atoms with Crippen molar-refractivity contribution < 1.29 is 9.53 Å². The van der Waals surface area contributed by atoms with Gasteiger partial charge < -0.3 is 4.74 Å². The van der Waals surface area contributed by atoms with Crippen LogP contribution in [-0.2, 0) is 0 Å². The van der Waals surface area contributed by atoms with Crippen LogP contribution >= 0.6 is 0 Å². The lowest BCUT2D eigenvalue weighted by Gasteiger charge is -2.22. The molecule has 0 fully saturated rings. The average Bonchev–Trinajstić information content (AvgIpc) is 2.75. The number of unbranched alkanes of at least 4 members (excludes halogenated alkanes) is 2. The molecule has 2 aromatic carbocycles.